The van der Waals surface area contributed by atoms with Crippen LogP contribution in [0.5, 0.6) is 0 Å². The number of rotatable bonds is 4. The van der Waals surface area contributed by atoms with Gasteiger partial charge in [-0.3, -0.25) is 18.9 Å². The molecule has 0 unspecified atom stereocenters. The molecule has 1 N–H and O–H groups in total. The summed E-state index contributed by atoms with van der Waals surface area (Å²) < 4.78 is 7.12. The summed E-state index contributed by atoms with van der Waals surface area (Å²) in [7, 11) is 0. The number of carbonyl (C=O) groups is 1. The number of pyridine rings is 1. The lowest BCUT2D eigenvalue weighted by molar-refractivity contribution is -0.0778. The van der Waals surface area contributed by atoms with Crippen LogP contribution >= 0.6 is 0 Å². The highest BCUT2D eigenvalue weighted by atomic mass is 16.5. The van der Waals surface area contributed by atoms with Gasteiger partial charge in [-0.25, -0.2) is 4.98 Å². The number of ether oxygens (including phenoxy) is 1. The number of nitrogens with zero attached hydrogens (tertiary/aromatic N) is 3. The van der Waals surface area contributed by atoms with Gasteiger partial charge in [0.05, 0.1) is 12.2 Å². The first-order chi connectivity index (χ1) is 12.0. The fourth-order valence-corrected chi connectivity index (χ4v) is 3.22. The van der Waals surface area contributed by atoms with E-state index in [9.17, 15) is 9.59 Å². The molecule has 0 bridgehead atoms. The molecule has 0 aliphatic carbocycles. The third-order valence-electron chi connectivity index (χ3n) is 4.49. The molecular weight excluding hydrogens is 320 g/mol. The predicted molar refractivity (Wildman–Crippen MR) is 94.8 cm³/mol. The number of amides is 1. The van der Waals surface area contributed by atoms with E-state index in [1.807, 2.05) is 0 Å². The lowest BCUT2D eigenvalue weighted by Gasteiger charge is -2.38. The van der Waals surface area contributed by atoms with Gasteiger partial charge in [-0.1, -0.05) is 6.07 Å². The van der Waals surface area contributed by atoms with Crippen molar-refractivity contribution in [3.63, 3.8) is 0 Å². The molecule has 7 heteroatoms. The van der Waals surface area contributed by atoms with Crippen LogP contribution in [0.1, 0.15) is 31.1 Å². The lowest BCUT2D eigenvalue weighted by atomic mass is 10.1. The lowest BCUT2D eigenvalue weighted by Crippen LogP contribution is -2.52. The standard InChI is InChI=1S/C18H24N4O3/c1-12(21-10-13(2)25-14(3)11-21)8-20-17(23)15-9-19-16-6-4-5-7-22(16)18(15)24/h4-7,9,12-14H,8,10-11H2,1-3H3,(H,20,23)/t12-,13-,14-/m1/s1. The maximum Gasteiger partial charge on any atom is 0.270 e. The van der Waals surface area contributed by atoms with E-state index < -0.39 is 5.91 Å². The Morgan fingerprint density at radius 2 is 2.08 bits per heavy atom. The number of aromatic nitrogens is 2. The van der Waals surface area contributed by atoms with Crippen LogP contribution in [0.2, 0.25) is 0 Å². The fourth-order valence-electron chi connectivity index (χ4n) is 3.22. The molecule has 7 nitrogen and oxygen atoms in total. The van der Waals surface area contributed by atoms with Gasteiger partial charge in [-0.2, -0.15) is 0 Å². The third-order valence-corrected chi connectivity index (χ3v) is 4.49. The smallest absolute Gasteiger partial charge is 0.270 e. The van der Waals surface area contributed by atoms with Crippen molar-refractivity contribution in [1.82, 2.24) is 19.6 Å². The van der Waals surface area contributed by atoms with Gasteiger partial charge >= 0.3 is 0 Å². The maximum atomic E-state index is 12.4. The second kappa shape index (κ2) is 7.33. The van der Waals surface area contributed by atoms with Crippen LogP contribution in [0, 0.1) is 0 Å². The molecule has 3 heterocycles. The van der Waals surface area contributed by atoms with Crippen molar-refractivity contribution in [2.75, 3.05) is 19.6 Å². The Bertz CT molecular complexity index is 809. The van der Waals surface area contributed by atoms with Crippen molar-refractivity contribution in [3.05, 3.63) is 46.5 Å². The molecule has 2 aromatic heterocycles. The molecule has 0 radical (unpaired) electrons. The van der Waals surface area contributed by atoms with Crippen molar-refractivity contribution >= 4 is 11.6 Å². The summed E-state index contributed by atoms with van der Waals surface area (Å²) in [5.41, 5.74) is 0.220. The number of fused-ring (bicyclic) bond motifs is 1. The first kappa shape index (κ1) is 17.6. The van der Waals surface area contributed by atoms with Crippen LogP contribution in [0.25, 0.3) is 5.65 Å². The van der Waals surface area contributed by atoms with E-state index in [0.29, 0.717) is 12.2 Å². The number of carbonyl (C=O) groups excluding carboxylic acids is 1. The summed E-state index contributed by atoms with van der Waals surface area (Å²) in [6.07, 6.45) is 3.31. The molecule has 0 spiro atoms. The van der Waals surface area contributed by atoms with Gasteiger partial charge in [-0.15, -0.1) is 0 Å². The Kier molecular flexibility index (Phi) is 5.15. The van der Waals surface area contributed by atoms with Crippen molar-refractivity contribution < 1.29 is 9.53 Å². The molecule has 134 valence electrons. The van der Waals surface area contributed by atoms with Gasteiger partial charge in [0.25, 0.3) is 11.5 Å². The predicted octanol–water partition coefficient (Wildman–Crippen LogP) is 0.922. The topological polar surface area (TPSA) is 75.9 Å². The van der Waals surface area contributed by atoms with Gasteiger partial charge in [0.2, 0.25) is 0 Å². The normalized spacial score (nSPS) is 22.7. The highest BCUT2D eigenvalue weighted by molar-refractivity contribution is 5.93. The highest BCUT2D eigenvalue weighted by Crippen LogP contribution is 2.13. The second-order valence-electron chi connectivity index (χ2n) is 6.68. The van der Waals surface area contributed by atoms with E-state index in [0.717, 1.165) is 13.1 Å². The van der Waals surface area contributed by atoms with E-state index in [1.165, 1.54) is 10.6 Å². The maximum absolute atomic E-state index is 12.4. The van der Waals surface area contributed by atoms with Crippen molar-refractivity contribution in [3.8, 4) is 0 Å². The van der Waals surface area contributed by atoms with E-state index in [2.05, 4.69) is 36.0 Å². The van der Waals surface area contributed by atoms with Gasteiger partial charge in [0.15, 0.2) is 0 Å². The van der Waals surface area contributed by atoms with Crippen molar-refractivity contribution in [2.45, 2.75) is 39.0 Å². The van der Waals surface area contributed by atoms with E-state index in [1.54, 1.807) is 24.4 Å². The van der Waals surface area contributed by atoms with Gasteiger partial charge < -0.3 is 10.1 Å². The number of hydrogen-bond donors (Lipinski definition) is 1. The molecule has 1 aliphatic heterocycles. The SMILES string of the molecule is C[C@@H]1CN([C@H](C)CNC(=O)c2cnc3ccccn3c2=O)C[C@@H](C)O1. The molecule has 0 aromatic carbocycles. The summed E-state index contributed by atoms with van der Waals surface area (Å²) in [6, 6.07) is 5.42. The minimum absolute atomic E-state index is 0.0552. The monoisotopic (exact) mass is 344 g/mol. The molecule has 1 fully saturated rings. The Balaban J connectivity index is 1.66. The number of nitrogens with one attached hydrogen (secondary N) is 1. The molecule has 3 atom stereocenters. The van der Waals surface area contributed by atoms with E-state index >= 15 is 0 Å². The van der Waals surface area contributed by atoms with Crippen LogP contribution < -0.4 is 10.9 Å². The summed E-state index contributed by atoms with van der Waals surface area (Å²) in [4.78, 5) is 31.3. The van der Waals surface area contributed by atoms with Gasteiger partial charge in [0.1, 0.15) is 11.2 Å². The average molecular weight is 344 g/mol. The number of morpholine rings is 1. The van der Waals surface area contributed by atoms with Crippen LogP contribution in [0.15, 0.2) is 35.4 Å². The minimum atomic E-state index is -0.392. The Morgan fingerprint density at radius 3 is 2.80 bits per heavy atom. The quantitative estimate of drug-likeness (QED) is 0.893. The number of hydrogen-bond acceptors (Lipinski definition) is 5. The fraction of sp³-hybridized carbons (Fsp3) is 0.500. The molecular formula is C18H24N4O3. The molecule has 0 saturated carbocycles. The third kappa shape index (κ3) is 3.88. The molecule has 1 amide bonds. The van der Waals surface area contributed by atoms with Crippen molar-refractivity contribution in [2.24, 2.45) is 0 Å². The molecule has 3 rings (SSSR count). The molecule has 1 aliphatic rings. The Hall–Kier alpha value is -2.25. The molecule has 1 saturated heterocycles. The second-order valence-corrected chi connectivity index (χ2v) is 6.68. The summed E-state index contributed by atoms with van der Waals surface area (Å²) >= 11 is 0. The molecule has 25 heavy (non-hydrogen) atoms. The van der Waals surface area contributed by atoms with Crippen LogP contribution in [-0.2, 0) is 4.74 Å². The van der Waals surface area contributed by atoms with Gasteiger partial charge in [0, 0.05) is 38.1 Å². The Morgan fingerprint density at radius 1 is 1.36 bits per heavy atom. The summed E-state index contributed by atoms with van der Waals surface area (Å²) in [5.74, 6) is -0.392. The van der Waals surface area contributed by atoms with E-state index in [4.69, 9.17) is 4.74 Å². The first-order valence-corrected chi connectivity index (χ1v) is 8.60. The largest absolute Gasteiger partial charge is 0.373 e. The van der Waals surface area contributed by atoms with Crippen molar-refractivity contribution in [1.29, 1.82) is 0 Å². The Labute approximate surface area is 146 Å². The minimum Gasteiger partial charge on any atom is -0.373 e. The van der Waals surface area contributed by atoms with E-state index in [-0.39, 0.29) is 29.4 Å². The summed E-state index contributed by atoms with van der Waals surface area (Å²) in [6.45, 7) is 8.31. The highest BCUT2D eigenvalue weighted by Gasteiger charge is 2.26. The van der Waals surface area contributed by atoms with Crippen LogP contribution in [-0.4, -0.2) is 58.1 Å². The zero-order chi connectivity index (χ0) is 18.0. The average Bonchev–Trinajstić information content (AvgIpc) is 2.59. The molecule has 2 aromatic rings. The zero-order valence-corrected chi connectivity index (χ0v) is 14.8. The van der Waals surface area contributed by atoms with Crippen LogP contribution in [0.3, 0.4) is 0 Å². The van der Waals surface area contributed by atoms with Gasteiger partial charge in [-0.05, 0) is 32.9 Å². The summed E-state index contributed by atoms with van der Waals surface area (Å²) in [5, 5.41) is 2.86. The zero-order valence-electron chi connectivity index (χ0n) is 14.8. The van der Waals surface area contributed by atoms with Crippen LogP contribution in [0.4, 0.5) is 0 Å². The first-order valence-electron chi connectivity index (χ1n) is 8.60.